The molecule has 0 spiro atoms. The van der Waals surface area contributed by atoms with Crippen LogP contribution in [0.5, 0.6) is 5.75 Å². The zero-order valence-electron chi connectivity index (χ0n) is 14.7. The number of para-hydroxylation sites is 1. The summed E-state index contributed by atoms with van der Waals surface area (Å²) in [6.45, 7) is 0. The van der Waals surface area contributed by atoms with E-state index in [2.05, 4.69) is 39.0 Å². The molecule has 0 bridgehead atoms. The predicted molar refractivity (Wildman–Crippen MR) is 117 cm³/mol. The van der Waals surface area contributed by atoms with Gasteiger partial charge in [-0.3, -0.25) is 0 Å². The summed E-state index contributed by atoms with van der Waals surface area (Å²) in [4.78, 5) is 8.02. The van der Waals surface area contributed by atoms with Crippen LogP contribution in [0.2, 0.25) is 0 Å². The lowest BCUT2D eigenvalue weighted by molar-refractivity contribution is -0.362. The van der Waals surface area contributed by atoms with Crippen LogP contribution in [0.25, 0.3) is 22.0 Å². The van der Waals surface area contributed by atoms with E-state index in [9.17, 15) is 0 Å². The van der Waals surface area contributed by atoms with Crippen molar-refractivity contribution in [3.8, 4) is 16.9 Å². The van der Waals surface area contributed by atoms with Crippen molar-refractivity contribution in [1.29, 1.82) is 0 Å². The van der Waals surface area contributed by atoms with Gasteiger partial charge in [0, 0.05) is 20.2 Å². The number of nitrogens with one attached hydrogen (secondary N) is 2. The van der Waals surface area contributed by atoms with Crippen molar-refractivity contribution in [1.82, 2.24) is 4.98 Å². The van der Waals surface area contributed by atoms with E-state index in [1.54, 1.807) is 7.11 Å². The fourth-order valence-electron chi connectivity index (χ4n) is 2.99. The minimum Gasteiger partial charge on any atom is -0.493 e. The number of halogens is 1. The molecule has 0 aliphatic carbocycles. The second kappa shape index (κ2) is 7.40. The Hall–Kier alpha value is -2.87. The number of hydrogen-bond acceptors (Lipinski definition) is 4. The molecule has 0 atom stereocenters. The molecule has 0 aliphatic heterocycles. The van der Waals surface area contributed by atoms with Crippen molar-refractivity contribution in [2.75, 3.05) is 18.2 Å². The lowest BCUT2D eigenvalue weighted by Gasteiger charge is -2.07. The largest absolute Gasteiger partial charge is 0.493 e. The second-order valence-corrected chi connectivity index (χ2v) is 7.33. The monoisotopic (exact) mass is 469 g/mol. The number of ether oxygens (including phenoxy) is 1. The van der Waals surface area contributed by atoms with Crippen LogP contribution in [-0.4, -0.2) is 12.1 Å². The molecule has 0 amide bonds. The van der Waals surface area contributed by atoms with E-state index < -0.39 is 0 Å². The van der Waals surface area contributed by atoms with Gasteiger partial charge in [0.15, 0.2) is 11.3 Å². The molecule has 5 nitrogen and oxygen atoms in total. The quantitative estimate of drug-likeness (QED) is 0.337. The van der Waals surface area contributed by atoms with Crippen LogP contribution in [0.3, 0.4) is 0 Å². The smallest absolute Gasteiger partial charge is 0.394 e. The summed E-state index contributed by atoms with van der Waals surface area (Å²) in [7, 11) is 1.66. The first-order valence-electron chi connectivity index (χ1n) is 8.42. The molecule has 134 valence electrons. The normalized spacial score (nSPS) is 10.7. The Morgan fingerprint density at radius 2 is 1.93 bits per heavy atom. The van der Waals surface area contributed by atoms with Crippen LogP contribution in [0.1, 0.15) is 0 Å². The first kappa shape index (κ1) is 17.5. The van der Waals surface area contributed by atoms with Gasteiger partial charge < -0.3 is 10.5 Å². The molecule has 0 unspecified atom stereocenters. The van der Waals surface area contributed by atoms with Gasteiger partial charge in [-0.2, -0.15) is 0 Å². The number of fused-ring (bicyclic) bond motifs is 1. The third-order valence-corrected chi connectivity index (χ3v) is 4.94. The lowest BCUT2D eigenvalue weighted by atomic mass is 10.0. The maximum absolute atomic E-state index is 5.96. The summed E-state index contributed by atoms with van der Waals surface area (Å²) >= 11 is 2.26. The van der Waals surface area contributed by atoms with Gasteiger partial charge in [-0.05, 0) is 64.6 Å². The van der Waals surface area contributed by atoms with Crippen molar-refractivity contribution < 1.29 is 9.72 Å². The number of H-pyrrole nitrogens is 1. The van der Waals surface area contributed by atoms with Crippen molar-refractivity contribution in [2.24, 2.45) is 0 Å². The maximum Gasteiger partial charge on any atom is 0.394 e. The standard InChI is InChI=1S/C21H17IN4O/c1-27-19-11-15(22)8-9-18(19)25-21-24-12-14-5-3-7-17(20(14)26-21)13-4-2-6-16(23)10-13/h2-12H,23H2,1H3,(H,24,25,26)/p+1. The van der Waals surface area contributed by atoms with Crippen molar-refractivity contribution in [3.05, 3.63) is 70.4 Å². The molecule has 0 radical (unpaired) electrons. The van der Waals surface area contributed by atoms with Crippen LogP contribution < -0.4 is 20.8 Å². The van der Waals surface area contributed by atoms with Crippen molar-refractivity contribution in [2.45, 2.75) is 0 Å². The molecule has 4 rings (SSSR count). The second-order valence-electron chi connectivity index (χ2n) is 6.09. The molecule has 4 aromatic rings. The van der Waals surface area contributed by atoms with Crippen LogP contribution >= 0.6 is 22.6 Å². The fourth-order valence-corrected chi connectivity index (χ4v) is 3.45. The molecule has 0 saturated heterocycles. The molecular weight excluding hydrogens is 451 g/mol. The maximum atomic E-state index is 5.96. The Morgan fingerprint density at radius 3 is 2.74 bits per heavy atom. The number of nitrogens with two attached hydrogens (primary N) is 1. The summed E-state index contributed by atoms with van der Waals surface area (Å²) in [5, 5.41) is 4.34. The Balaban J connectivity index is 1.79. The Morgan fingerprint density at radius 1 is 1.07 bits per heavy atom. The SMILES string of the molecule is COc1cc(I)ccc1Nc1nc2c(-c3cccc(N)c3)cccc2c[nH+]1. The molecule has 0 saturated carbocycles. The van der Waals surface area contributed by atoms with E-state index in [0.29, 0.717) is 5.95 Å². The predicted octanol–water partition coefficient (Wildman–Crippen LogP) is 4.65. The first-order valence-corrected chi connectivity index (χ1v) is 9.50. The number of benzene rings is 3. The Kier molecular flexibility index (Phi) is 4.81. The first-order chi connectivity index (χ1) is 13.1. The van der Waals surface area contributed by atoms with E-state index in [-0.39, 0.29) is 0 Å². The highest BCUT2D eigenvalue weighted by atomic mass is 127. The number of aromatic nitrogens is 2. The van der Waals surface area contributed by atoms with E-state index in [1.165, 1.54) is 0 Å². The number of hydrogen-bond donors (Lipinski definition) is 2. The molecule has 6 heteroatoms. The highest BCUT2D eigenvalue weighted by molar-refractivity contribution is 14.1. The van der Waals surface area contributed by atoms with Crippen molar-refractivity contribution in [3.63, 3.8) is 0 Å². The molecule has 0 aliphatic rings. The van der Waals surface area contributed by atoms with E-state index in [1.807, 2.05) is 60.8 Å². The summed E-state index contributed by atoms with van der Waals surface area (Å²) in [6.07, 6.45) is 1.94. The number of nitrogens with zero attached hydrogens (tertiary/aromatic N) is 1. The van der Waals surface area contributed by atoms with Gasteiger partial charge in [-0.15, -0.1) is 0 Å². The van der Waals surface area contributed by atoms with E-state index in [4.69, 9.17) is 15.5 Å². The molecule has 1 aromatic heterocycles. The average molecular weight is 469 g/mol. The number of aromatic amines is 1. The summed E-state index contributed by atoms with van der Waals surface area (Å²) in [5.41, 5.74) is 10.5. The third-order valence-electron chi connectivity index (χ3n) is 4.27. The topological polar surface area (TPSA) is 74.3 Å². The van der Waals surface area contributed by atoms with Crippen LogP contribution in [-0.2, 0) is 0 Å². The minimum atomic E-state index is 0.637. The van der Waals surface area contributed by atoms with Gasteiger partial charge in [0.25, 0.3) is 0 Å². The number of rotatable bonds is 4. The minimum absolute atomic E-state index is 0.637. The highest BCUT2D eigenvalue weighted by Crippen LogP contribution is 2.30. The summed E-state index contributed by atoms with van der Waals surface area (Å²) in [6, 6.07) is 19.9. The molecule has 1 heterocycles. The van der Waals surface area contributed by atoms with Gasteiger partial charge in [0.05, 0.1) is 13.3 Å². The fraction of sp³-hybridized carbons (Fsp3) is 0.0476. The molecule has 27 heavy (non-hydrogen) atoms. The average Bonchev–Trinajstić information content (AvgIpc) is 2.69. The molecular formula is C21H18IN4O+. The van der Waals surface area contributed by atoms with E-state index >= 15 is 0 Å². The zero-order valence-corrected chi connectivity index (χ0v) is 16.8. The van der Waals surface area contributed by atoms with Crippen LogP contribution in [0.15, 0.2) is 66.9 Å². The van der Waals surface area contributed by atoms with Gasteiger partial charge in [-0.25, -0.2) is 10.3 Å². The Bertz CT molecular complexity index is 1130. The Labute approximate surface area is 170 Å². The van der Waals surface area contributed by atoms with Gasteiger partial charge in [0.2, 0.25) is 0 Å². The molecule has 4 N–H and O–H groups in total. The van der Waals surface area contributed by atoms with Gasteiger partial charge in [-0.1, -0.05) is 29.2 Å². The van der Waals surface area contributed by atoms with Gasteiger partial charge in [0.1, 0.15) is 5.69 Å². The van der Waals surface area contributed by atoms with Gasteiger partial charge >= 0.3 is 5.95 Å². The lowest BCUT2D eigenvalue weighted by Crippen LogP contribution is -2.12. The molecule has 3 aromatic carbocycles. The molecule has 0 fully saturated rings. The highest BCUT2D eigenvalue weighted by Gasteiger charge is 2.15. The zero-order chi connectivity index (χ0) is 18.8. The number of anilines is 3. The van der Waals surface area contributed by atoms with Crippen LogP contribution in [0, 0.1) is 3.57 Å². The summed E-state index contributed by atoms with van der Waals surface area (Å²) in [5.74, 6) is 1.40. The third kappa shape index (κ3) is 3.66. The van der Waals surface area contributed by atoms with Crippen LogP contribution in [0.4, 0.5) is 17.3 Å². The number of nitrogen functional groups attached to an aromatic ring is 1. The van der Waals surface area contributed by atoms with E-state index in [0.717, 1.165) is 42.7 Å². The van der Waals surface area contributed by atoms with Crippen molar-refractivity contribution >= 4 is 50.8 Å². The number of methoxy groups -OCH3 is 1. The summed E-state index contributed by atoms with van der Waals surface area (Å²) < 4.78 is 6.58.